The molecule has 0 N–H and O–H groups in total. The van der Waals surface area contributed by atoms with Gasteiger partial charge in [0.15, 0.2) is 0 Å². The summed E-state index contributed by atoms with van der Waals surface area (Å²) < 4.78 is 15.2. The van der Waals surface area contributed by atoms with E-state index in [1.807, 2.05) is 72.8 Å². The number of hydrogen-bond donors (Lipinski definition) is 0. The Morgan fingerprint density at radius 3 is 1.07 bits per heavy atom. The average molecular weight is 416 g/mol. The van der Waals surface area contributed by atoms with Crippen molar-refractivity contribution in [1.29, 1.82) is 0 Å². The van der Waals surface area contributed by atoms with Crippen LogP contribution >= 0.6 is 0 Å². The summed E-state index contributed by atoms with van der Waals surface area (Å²) in [6.07, 6.45) is 0. The van der Waals surface area contributed by atoms with Crippen LogP contribution in [0.2, 0.25) is 0 Å². The molecule has 4 aromatic rings. The van der Waals surface area contributed by atoms with Crippen molar-refractivity contribution in [3.05, 3.63) is 132 Å². The second kappa shape index (κ2) is 9.60. The van der Waals surface area contributed by atoms with E-state index >= 15 is 0 Å². The van der Waals surface area contributed by atoms with Crippen molar-refractivity contribution in [1.82, 2.24) is 0 Å². The topological polar surface area (TPSA) is 18.5 Å². The molecule has 2 nitrogen and oxygen atoms in total. The fourth-order valence-corrected chi connectivity index (χ4v) is 8.60. The number of hydrogen-bond acceptors (Lipinski definition) is 2. The molecule has 0 atom stereocenters. The van der Waals surface area contributed by atoms with E-state index in [9.17, 15) is 0 Å². The summed E-state index contributed by atoms with van der Waals surface area (Å²) in [5, 5.41) is 0. The van der Waals surface area contributed by atoms with Crippen LogP contribution in [0.25, 0.3) is 0 Å². The van der Waals surface area contributed by atoms with Crippen molar-refractivity contribution in [2.45, 2.75) is 9.45 Å². The van der Waals surface area contributed by atoms with Crippen LogP contribution in [0.1, 0.15) is 11.1 Å². The predicted octanol–water partition coefficient (Wildman–Crippen LogP) is 6.53. The minimum atomic E-state index is -3.42. The maximum absolute atomic E-state index is 6.78. The van der Waals surface area contributed by atoms with Crippen LogP contribution in [0.3, 0.4) is 0 Å². The summed E-state index contributed by atoms with van der Waals surface area (Å²) in [6, 6.07) is 41.2. The SMILES string of the molecule is c1ccc([CH2][Ti]([CH2]c2ccccc2)([O]c2ccccc2)[O]c2ccccc2)cc1. The molecule has 0 amide bonds. The zero-order valence-corrected chi connectivity index (χ0v) is 17.8. The Labute approximate surface area is 177 Å². The molecule has 4 aromatic carbocycles. The van der Waals surface area contributed by atoms with Gasteiger partial charge in [-0.15, -0.1) is 0 Å². The molecule has 0 radical (unpaired) electrons. The molecule has 29 heavy (non-hydrogen) atoms. The summed E-state index contributed by atoms with van der Waals surface area (Å²) >= 11 is -3.42. The molecular weight excluding hydrogens is 392 g/mol. The Bertz CT molecular complexity index is 818. The number of benzene rings is 4. The first-order valence-corrected chi connectivity index (χ1v) is 13.4. The fraction of sp³-hybridized carbons (Fsp3) is 0.0769. The molecule has 0 aliphatic heterocycles. The summed E-state index contributed by atoms with van der Waals surface area (Å²) in [6.45, 7) is 0. The third-order valence-corrected chi connectivity index (χ3v) is 9.58. The minimum absolute atomic E-state index is 0.805. The van der Waals surface area contributed by atoms with Gasteiger partial charge >= 0.3 is 177 Å². The van der Waals surface area contributed by atoms with Gasteiger partial charge < -0.3 is 0 Å². The molecule has 0 aliphatic rings. The van der Waals surface area contributed by atoms with Gasteiger partial charge in [0, 0.05) is 0 Å². The van der Waals surface area contributed by atoms with Crippen molar-refractivity contribution in [3.8, 4) is 11.5 Å². The van der Waals surface area contributed by atoms with Crippen molar-refractivity contribution in [2.75, 3.05) is 0 Å². The van der Waals surface area contributed by atoms with Gasteiger partial charge in [-0.1, -0.05) is 0 Å². The normalized spacial score (nSPS) is 11.0. The molecule has 144 valence electrons. The van der Waals surface area contributed by atoms with Gasteiger partial charge in [-0.2, -0.15) is 0 Å². The standard InChI is InChI=1S/2C7H7.2C6H6O.Ti/c2*1-7-5-3-2-4-6-7;2*7-6-4-2-1-3-5-6;/h2*2-6H,1H2;2*1-5,7H;/q;;;;+2/p-2. The first-order valence-electron chi connectivity index (χ1n) is 9.87. The molecule has 0 unspecified atom stereocenters. The van der Waals surface area contributed by atoms with E-state index in [0.717, 1.165) is 21.0 Å². The van der Waals surface area contributed by atoms with Crippen LogP contribution in [0.4, 0.5) is 0 Å². The quantitative estimate of drug-likeness (QED) is 0.304. The molecule has 0 heterocycles. The van der Waals surface area contributed by atoms with Crippen LogP contribution in [-0.4, -0.2) is 0 Å². The zero-order chi connectivity index (χ0) is 19.8. The molecule has 4 rings (SSSR count). The van der Waals surface area contributed by atoms with Gasteiger partial charge in [-0.05, 0) is 0 Å². The van der Waals surface area contributed by atoms with Crippen LogP contribution in [0, 0.1) is 0 Å². The summed E-state index contributed by atoms with van der Waals surface area (Å²) in [4.78, 5) is 0. The Kier molecular flexibility index (Phi) is 6.46. The van der Waals surface area contributed by atoms with E-state index in [-0.39, 0.29) is 0 Å². The van der Waals surface area contributed by atoms with E-state index < -0.39 is 17.4 Å². The molecular formula is C26H24O2Ti. The van der Waals surface area contributed by atoms with E-state index in [4.69, 9.17) is 6.64 Å². The maximum atomic E-state index is 6.78. The van der Waals surface area contributed by atoms with Crippen molar-refractivity contribution >= 4 is 0 Å². The second-order valence-electron chi connectivity index (χ2n) is 7.07. The molecule has 0 saturated heterocycles. The molecule has 0 fully saturated rings. The zero-order valence-electron chi connectivity index (χ0n) is 16.3. The third-order valence-electron chi connectivity index (χ3n) is 4.73. The molecule has 0 spiro atoms. The van der Waals surface area contributed by atoms with Gasteiger partial charge in [0.2, 0.25) is 0 Å². The van der Waals surface area contributed by atoms with E-state index in [1.54, 1.807) is 0 Å². The first-order chi connectivity index (χ1) is 14.3. The average Bonchev–Trinajstić information content (AvgIpc) is 2.76. The monoisotopic (exact) mass is 416 g/mol. The van der Waals surface area contributed by atoms with Crippen LogP contribution in [0.15, 0.2) is 121 Å². The van der Waals surface area contributed by atoms with Crippen LogP contribution in [-0.2, 0) is 26.8 Å². The van der Waals surface area contributed by atoms with Crippen LogP contribution in [0.5, 0.6) is 11.5 Å². The third kappa shape index (κ3) is 5.60. The summed E-state index contributed by atoms with van der Waals surface area (Å²) in [5.41, 5.74) is 2.49. The molecule has 0 aliphatic carbocycles. The Balaban J connectivity index is 1.75. The van der Waals surface area contributed by atoms with Gasteiger partial charge in [-0.25, -0.2) is 0 Å². The number of para-hydroxylation sites is 2. The molecule has 3 heteroatoms. The molecule has 0 bridgehead atoms. The fourth-order valence-electron chi connectivity index (χ4n) is 3.45. The van der Waals surface area contributed by atoms with Gasteiger partial charge in [0.05, 0.1) is 0 Å². The Morgan fingerprint density at radius 2 is 0.724 bits per heavy atom. The van der Waals surface area contributed by atoms with E-state index in [0.29, 0.717) is 0 Å². The van der Waals surface area contributed by atoms with Crippen molar-refractivity contribution in [3.63, 3.8) is 0 Å². The summed E-state index contributed by atoms with van der Waals surface area (Å²) in [7, 11) is 0. The van der Waals surface area contributed by atoms with Crippen LogP contribution < -0.4 is 6.64 Å². The Morgan fingerprint density at radius 1 is 0.414 bits per heavy atom. The van der Waals surface area contributed by atoms with Gasteiger partial charge in [0.25, 0.3) is 0 Å². The predicted molar refractivity (Wildman–Crippen MR) is 114 cm³/mol. The summed E-state index contributed by atoms with van der Waals surface area (Å²) in [5.74, 6) is 1.74. The first kappa shape index (κ1) is 19.5. The van der Waals surface area contributed by atoms with Gasteiger partial charge in [0.1, 0.15) is 0 Å². The van der Waals surface area contributed by atoms with E-state index in [1.165, 1.54) is 11.1 Å². The van der Waals surface area contributed by atoms with E-state index in [2.05, 4.69) is 48.5 Å². The second-order valence-corrected chi connectivity index (χ2v) is 11.7. The van der Waals surface area contributed by atoms with Crippen molar-refractivity contribution < 1.29 is 24.0 Å². The number of rotatable bonds is 8. The van der Waals surface area contributed by atoms with Crippen molar-refractivity contribution in [2.24, 2.45) is 0 Å². The Hall–Kier alpha value is -2.81. The van der Waals surface area contributed by atoms with Gasteiger partial charge in [-0.3, -0.25) is 0 Å². The molecule has 0 saturated carbocycles. The molecule has 0 aromatic heterocycles.